The molecule has 0 bridgehead atoms. The monoisotopic (exact) mass is 240 g/mol. The first-order chi connectivity index (χ1) is 7.86. The maximum absolute atomic E-state index is 11.9. The van der Waals surface area contributed by atoms with Crippen LogP contribution in [0, 0.1) is 10.4 Å². The van der Waals surface area contributed by atoms with Gasteiger partial charge in [-0.3, -0.25) is 10.4 Å². The third kappa shape index (κ3) is 1.11. The summed E-state index contributed by atoms with van der Waals surface area (Å²) < 4.78 is 5.10. The van der Waals surface area contributed by atoms with Crippen molar-refractivity contribution in [3.05, 3.63) is 21.8 Å². The average Bonchev–Trinajstić information content (AvgIpc) is 2.67. The molecule has 1 aliphatic carbocycles. The minimum atomic E-state index is -1.57. The molecule has 0 unspecified atom stereocenters. The zero-order chi connectivity index (χ0) is 12.4. The van der Waals surface area contributed by atoms with Gasteiger partial charge in [0.25, 0.3) is 5.69 Å². The fraction of sp³-hybridized carbons (Fsp3) is 0.667. The number of nitrogens with two attached hydrogens (primary N) is 1. The predicted octanol–water partition coefficient (Wildman–Crippen LogP) is -1.53. The van der Waals surface area contributed by atoms with Gasteiger partial charge in [0, 0.05) is 24.9 Å². The molecule has 3 rings (SSSR count). The van der Waals surface area contributed by atoms with Gasteiger partial charge in [0.05, 0.1) is 6.42 Å². The first-order valence-corrected chi connectivity index (χ1v) is 5.30. The van der Waals surface area contributed by atoms with E-state index in [2.05, 4.69) is 9.79 Å². The highest BCUT2D eigenvalue weighted by Crippen LogP contribution is 2.41. The molecule has 92 valence electrons. The van der Waals surface area contributed by atoms with Crippen LogP contribution in [0.25, 0.3) is 0 Å². The smallest absolute Gasteiger partial charge is 0.263 e. The Kier molecular flexibility index (Phi) is 1.71. The molecule has 17 heavy (non-hydrogen) atoms. The maximum atomic E-state index is 11.9. The third-order valence-electron chi connectivity index (χ3n) is 3.49. The van der Waals surface area contributed by atoms with Gasteiger partial charge in [0.15, 0.2) is 0 Å². The molecule has 0 amide bonds. The number of aromatic nitrogens is 2. The molecular weight excluding hydrogens is 228 g/mol. The quantitative estimate of drug-likeness (QED) is 0.418. The van der Waals surface area contributed by atoms with Gasteiger partial charge in [-0.2, -0.15) is 4.74 Å². The Balaban J connectivity index is 2.22. The Hall–Kier alpha value is -1.67. The van der Waals surface area contributed by atoms with Crippen LogP contribution in [0.3, 0.4) is 0 Å². The molecular formula is C9H12N4O4. The van der Waals surface area contributed by atoms with E-state index >= 15 is 0 Å². The van der Waals surface area contributed by atoms with Crippen molar-refractivity contribution >= 4 is 5.71 Å². The summed E-state index contributed by atoms with van der Waals surface area (Å²) in [7, 11) is 0. The second-order valence-electron chi connectivity index (χ2n) is 4.86. The fourth-order valence-corrected chi connectivity index (χ4v) is 2.72. The first kappa shape index (κ1) is 10.5. The predicted molar refractivity (Wildman–Crippen MR) is 53.5 cm³/mol. The van der Waals surface area contributed by atoms with Gasteiger partial charge in [-0.05, 0) is 4.90 Å². The van der Waals surface area contributed by atoms with Crippen LogP contribution in [0.4, 0.5) is 0 Å². The molecule has 0 saturated heterocycles. The van der Waals surface area contributed by atoms with Gasteiger partial charge in [-0.25, -0.2) is 0 Å². The Morgan fingerprint density at radius 1 is 1.47 bits per heavy atom. The minimum Gasteiger partial charge on any atom is -0.622 e. The lowest BCUT2D eigenvalue weighted by atomic mass is 9.81. The molecule has 0 saturated carbocycles. The van der Waals surface area contributed by atoms with Crippen molar-refractivity contribution in [3.8, 4) is 0 Å². The zero-order valence-electron chi connectivity index (χ0n) is 9.21. The van der Waals surface area contributed by atoms with E-state index in [0.717, 1.165) is 0 Å². The van der Waals surface area contributed by atoms with Crippen molar-refractivity contribution < 1.29 is 19.4 Å². The summed E-state index contributed by atoms with van der Waals surface area (Å²) in [6, 6.07) is 0. The Bertz CT molecular complexity index is 535. The molecule has 2 heterocycles. The lowest BCUT2D eigenvalue weighted by molar-refractivity contribution is -0.808. The van der Waals surface area contributed by atoms with Crippen LogP contribution < -0.4 is 10.6 Å². The number of aliphatic hydroxyl groups is 1. The van der Waals surface area contributed by atoms with E-state index in [4.69, 9.17) is 5.73 Å². The molecule has 1 aromatic rings. The van der Waals surface area contributed by atoms with Gasteiger partial charge < -0.3 is 15.5 Å². The van der Waals surface area contributed by atoms with Gasteiger partial charge >= 0.3 is 0 Å². The second kappa shape index (κ2) is 2.77. The number of hydrogen-bond donors (Lipinski definition) is 2. The third-order valence-corrected chi connectivity index (χ3v) is 3.49. The van der Waals surface area contributed by atoms with Crippen molar-refractivity contribution in [2.45, 2.75) is 37.5 Å². The van der Waals surface area contributed by atoms with Gasteiger partial charge in [-0.1, -0.05) is 0 Å². The van der Waals surface area contributed by atoms with Crippen molar-refractivity contribution in [3.63, 3.8) is 0 Å². The SMILES string of the molecule is C[C@@]1(N)C[C@@]2(O)C(=[N+]1[O-])CCc1c2no[n+]1[O-]. The topological polar surface area (TPSA) is 125 Å². The van der Waals surface area contributed by atoms with Crippen LogP contribution in [-0.4, -0.2) is 26.4 Å². The summed E-state index contributed by atoms with van der Waals surface area (Å²) in [4.78, 5) is 0.269. The summed E-state index contributed by atoms with van der Waals surface area (Å²) >= 11 is 0. The lowest BCUT2D eigenvalue weighted by Gasteiger charge is -2.20. The van der Waals surface area contributed by atoms with Crippen LogP contribution in [0.1, 0.15) is 31.2 Å². The lowest BCUT2D eigenvalue weighted by Crippen LogP contribution is -2.44. The summed E-state index contributed by atoms with van der Waals surface area (Å²) in [5, 5.41) is 37.3. The normalized spacial score (nSPS) is 35.9. The highest BCUT2D eigenvalue weighted by Gasteiger charge is 2.62. The molecule has 0 spiro atoms. The number of nitrogens with zero attached hydrogens (tertiary/aromatic N) is 3. The average molecular weight is 240 g/mol. The first-order valence-electron chi connectivity index (χ1n) is 5.30. The minimum absolute atomic E-state index is 0.00162. The van der Waals surface area contributed by atoms with Crippen LogP contribution in [0.5, 0.6) is 0 Å². The Morgan fingerprint density at radius 3 is 2.88 bits per heavy atom. The van der Waals surface area contributed by atoms with Crippen molar-refractivity contribution in [1.82, 2.24) is 5.16 Å². The van der Waals surface area contributed by atoms with Crippen molar-refractivity contribution in [2.75, 3.05) is 0 Å². The maximum Gasteiger partial charge on any atom is 0.263 e. The molecule has 0 aromatic carbocycles. The number of hydroxylamine groups is 1. The largest absolute Gasteiger partial charge is 0.622 e. The summed E-state index contributed by atoms with van der Waals surface area (Å²) in [6.45, 7) is 1.54. The molecule has 8 heteroatoms. The molecule has 2 aliphatic rings. The molecule has 2 atom stereocenters. The standard InChI is InChI=1S/C9H12N4O4/c1-8(10)4-9(14)6(12(8)15)3-2-5-7(9)11-17-13(5)16/h14H,2-4,10H2,1H3/t8-,9+/m0/s1. The van der Waals surface area contributed by atoms with Crippen LogP contribution in [-0.2, 0) is 12.0 Å². The molecule has 1 aromatic heterocycles. The number of fused-ring (bicyclic) bond motifs is 3. The molecule has 0 radical (unpaired) electrons. The Morgan fingerprint density at radius 2 is 2.18 bits per heavy atom. The highest BCUT2D eigenvalue weighted by molar-refractivity contribution is 5.92. The second-order valence-corrected chi connectivity index (χ2v) is 4.86. The fourth-order valence-electron chi connectivity index (χ4n) is 2.72. The number of rotatable bonds is 0. The summed E-state index contributed by atoms with van der Waals surface area (Å²) in [5.74, 6) is 0. The van der Waals surface area contributed by atoms with E-state index in [1.165, 1.54) is 6.92 Å². The molecule has 1 aliphatic heterocycles. The van der Waals surface area contributed by atoms with Crippen LogP contribution >= 0.6 is 0 Å². The van der Waals surface area contributed by atoms with E-state index in [0.29, 0.717) is 11.2 Å². The van der Waals surface area contributed by atoms with Gasteiger partial charge in [0.1, 0.15) is 0 Å². The highest BCUT2D eigenvalue weighted by atomic mass is 16.8. The Labute approximate surface area is 96.1 Å². The summed E-state index contributed by atoms with van der Waals surface area (Å²) in [6.07, 6.45) is 0.594. The summed E-state index contributed by atoms with van der Waals surface area (Å²) in [5.41, 5.74) is 3.69. The molecule has 3 N–H and O–H groups in total. The van der Waals surface area contributed by atoms with E-state index in [1.807, 2.05) is 0 Å². The molecule has 8 nitrogen and oxygen atoms in total. The molecule has 0 fully saturated rings. The van der Waals surface area contributed by atoms with Crippen molar-refractivity contribution in [1.29, 1.82) is 0 Å². The van der Waals surface area contributed by atoms with Gasteiger partial charge in [0.2, 0.25) is 22.7 Å². The van der Waals surface area contributed by atoms with E-state index < -0.39 is 11.3 Å². The van der Waals surface area contributed by atoms with Crippen LogP contribution in [0.15, 0.2) is 4.63 Å². The van der Waals surface area contributed by atoms with Crippen molar-refractivity contribution in [2.24, 2.45) is 5.73 Å². The van der Waals surface area contributed by atoms with E-state index in [-0.39, 0.29) is 34.8 Å². The van der Waals surface area contributed by atoms with Gasteiger partial charge in [-0.15, -0.1) is 0 Å². The number of hydrogen-bond acceptors (Lipinski definition) is 6. The van der Waals surface area contributed by atoms with Crippen LogP contribution in [0.2, 0.25) is 0 Å². The van der Waals surface area contributed by atoms with E-state index in [1.54, 1.807) is 0 Å². The zero-order valence-corrected chi connectivity index (χ0v) is 9.21. The van der Waals surface area contributed by atoms with E-state index in [9.17, 15) is 15.5 Å².